The van der Waals surface area contributed by atoms with Crippen molar-refractivity contribution in [2.45, 2.75) is 72.5 Å². The average molecular weight is 357 g/mol. The second kappa shape index (κ2) is 11.1. The lowest BCUT2D eigenvalue weighted by Crippen LogP contribution is -2.56. The summed E-state index contributed by atoms with van der Waals surface area (Å²) >= 11 is 0. The van der Waals surface area contributed by atoms with Gasteiger partial charge in [-0.3, -0.25) is 9.59 Å². The maximum absolute atomic E-state index is 12.6. The number of carbonyl (C=O) groups is 3. The molecular weight excluding hydrogens is 322 g/mol. The molecule has 0 aliphatic rings. The Morgan fingerprint density at radius 3 is 1.80 bits per heavy atom. The van der Waals surface area contributed by atoms with Gasteiger partial charge in [0.1, 0.15) is 12.1 Å². The molecular formula is C18H35N3O4. The molecule has 7 heteroatoms. The van der Waals surface area contributed by atoms with Crippen LogP contribution in [-0.4, -0.2) is 43.0 Å². The Bertz CT molecular complexity index is 450. The number of methoxy groups -OCH3 is 1. The van der Waals surface area contributed by atoms with Gasteiger partial charge in [0.15, 0.2) is 0 Å². The first-order valence-electron chi connectivity index (χ1n) is 8.93. The van der Waals surface area contributed by atoms with Gasteiger partial charge in [-0.05, 0) is 30.6 Å². The lowest BCUT2D eigenvalue weighted by atomic mass is 9.99. The lowest BCUT2D eigenvalue weighted by Gasteiger charge is -2.26. The summed E-state index contributed by atoms with van der Waals surface area (Å²) in [6.07, 6.45) is 0.997. The largest absolute Gasteiger partial charge is 0.467 e. The summed E-state index contributed by atoms with van der Waals surface area (Å²) in [4.78, 5) is 36.7. The van der Waals surface area contributed by atoms with Crippen LogP contribution in [0.15, 0.2) is 0 Å². The number of amides is 2. The fraction of sp³-hybridized carbons (Fsp3) is 0.833. The molecule has 7 nitrogen and oxygen atoms in total. The predicted octanol–water partition coefficient (Wildman–Crippen LogP) is 1.20. The van der Waals surface area contributed by atoms with Gasteiger partial charge < -0.3 is 21.1 Å². The zero-order chi connectivity index (χ0) is 19.7. The van der Waals surface area contributed by atoms with E-state index >= 15 is 0 Å². The molecule has 0 aliphatic carbocycles. The van der Waals surface area contributed by atoms with E-state index in [1.54, 1.807) is 0 Å². The Hall–Kier alpha value is -1.63. The van der Waals surface area contributed by atoms with E-state index in [0.29, 0.717) is 12.8 Å². The smallest absolute Gasteiger partial charge is 0.328 e. The third-order valence-electron chi connectivity index (χ3n) is 3.82. The molecule has 0 saturated heterocycles. The number of nitrogens with one attached hydrogen (secondary N) is 2. The highest BCUT2D eigenvalue weighted by Gasteiger charge is 2.30. The molecule has 0 aromatic rings. The third kappa shape index (κ3) is 8.86. The molecule has 0 aromatic carbocycles. The number of nitrogens with two attached hydrogens (primary N) is 1. The van der Waals surface area contributed by atoms with Crippen molar-refractivity contribution in [2.75, 3.05) is 7.11 Å². The maximum Gasteiger partial charge on any atom is 0.328 e. The fourth-order valence-electron chi connectivity index (χ4n) is 2.48. The summed E-state index contributed by atoms with van der Waals surface area (Å²) in [5.74, 6) is -0.920. The van der Waals surface area contributed by atoms with Gasteiger partial charge in [-0.2, -0.15) is 0 Å². The fourth-order valence-corrected chi connectivity index (χ4v) is 2.48. The molecule has 2 amide bonds. The van der Waals surface area contributed by atoms with Gasteiger partial charge in [-0.1, -0.05) is 41.5 Å². The molecule has 0 aliphatic heterocycles. The molecule has 0 aromatic heterocycles. The predicted molar refractivity (Wildman–Crippen MR) is 97.6 cm³/mol. The first-order chi connectivity index (χ1) is 11.5. The zero-order valence-corrected chi connectivity index (χ0v) is 16.6. The van der Waals surface area contributed by atoms with Gasteiger partial charge >= 0.3 is 5.97 Å². The summed E-state index contributed by atoms with van der Waals surface area (Å²) in [6, 6.07) is -2.16. The molecule has 0 saturated carbocycles. The van der Waals surface area contributed by atoms with Crippen LogP contribution in [0.2, 0.25) is 0 Å². The Kier molecular flexibility index (Phi) is 10.4. The van der Waals surface area contributed by atoms with Crippen LogP contribution in [0.1, 0.15) is 54.4 Å². The van der Waals surface area contributed by atoms with Crippen molar-refractivity contribution in [2.24, 2.45) is 23.5 Å². The van der Waals surface area contributed by atoms with Gasteiger partial charge in [0.05, 0.1) is 13.2 Å². The minimum Gasteiger partial charge on any atom is -0.467 e. The highest BCUT2D eigenvalue weighted by Crippen LogP contribution is 2.10. The molecule has 25 heavy (non-hydrogen) atoms. The molecule has 0 unspecified atom stereocenters. The van der Waals surface area contributed by atoms with Crippen molar-refractivity contribution in [3.8, 4) is 0 Å². The number of rotatable bonds is 10. The average Bonchev–Trinajstić information content (AvgIpc) is 2.49. The summed E-state index contributed by atoms with van der Waals surface area (Å²) in [6.45, 7) is 11.5. The van der Waals surface area contributed by atoms with E-state index in [0.717, 1.165) is 0 Å². The number of carbonyl (C=O) groups excluding carboxylic acids is 3. The Morgan fingerprint density at radius 1 is 0.880 bits per heavy atom. The van der Waals surface area contributed by atoms with Gasteiger partial charge in [0, 0.05) is 0 Å². The Labute approximate surface area is 151 Å². The summed E-state index contributed by atoms with van der Waals surface area (Å²) < 4.78 is 4.74. The summed E-state index contributed by atoms with van der Waals surface area (Å²) in [5, 5.41) is 5.42. The van der Waals surface area contributed by atoms with Gasteiger partial charge in [-0.15, -0.1) is 0 Å². The van der Waals surface area contributed by atoms with E-state index in [1.165, 1.54) is 7.11 Å². The van der Waals surface area contributed by atoms with Crippen LogP contribution in [0.25, 0.3) is 0 Å². The molecule has 0 radical (unpaired) electrons. The molecule has 4 N–H and O–H groups in total. The molecule has 0 spiro atoms. The Balaban J connectivity index is 5.08. The SMILES string of the molecule is COC(=O)[C@H](NC(=O)[C@@H](CC(C)C)NC(=O)[C@H](N)CC(C)C)C(C)C. The molecule has 3 atom stereocenters. The van der Waals surface area contributed by atoms with E-state index < -0.39 is 30.0 Å². The molecule has 146 valence electrons. The standard InChI is InChI=1S/C18H35N3O4/c1-10(2)8-13(19)16(22)20-14(9-11(3)4)17(23)21-15(12(5)6)18(24)25-7/h10-15H,8-9,19H2,1-7H3,(H,20,22)(H,21,23)/t13-,14-,15-/m1/s1. The van der Waals surface area contributed by atoms with E-state index in [2.05, 4.69) is 10.6 Å². The van der Waals surface area contributed by atoms with Crippen LogP contribution in [0, 0.1) is 17.8 Å². The monoisotopic (exact) mass is 357 g/mol. The third-order valence-corrected chi connectivity index (χ3v) is 3.82. The molecule has 0 rings (SSSR count). The van der Waals surface area contributed by atoms with E-state index in [1.807, 2.05) is 41.5 Å². The molecule has 0 heterocycles. The van der Waals surface area contributed by atoms with Crippen molar-refractivity contribution < 1.29 is 19.1 Å². The van der Waals surface area contributed by atoms with Crippen LogP contribution in [0.3, 0.4) is 0 Å². The number of esters is 1. The lowest BCUT2D eigenvalue weighted by molar-refractivity contribution is -0.146. The molecule has 0 fully saturated rings. The van der Waals surface area contributed by atoms with Crippen LogP contribution in [0.5, 0.6) is 0 Å². The maximum atomic E-state index is 12.6. The first kappa shape index (κ1) is 23.4. The van der Waals surface area contributed by atoms with Crippen molar-refractivity contribution in [3.05, 3.63) is 0 Å². The van der Waals surface area contributed by atoms with Crippen LogP contribution in [0.4, 0.5) is 0 Å². The van der Waals surface area contributed by atoms with E-state index in [4.69, 9.17) is 10.5 Å². The Morgan fingerprint density at radius 2 is 1.40 bits per heavy atom. The minimum atomic E-state index is -0.756. The first-order valence-corrected chi connectivity index (χ1v) is 8.93. The molecule has 0 bridgehead atoms. The van der Waals surface area contributed by atoms with Crippen molar-refractivity contribution in [3.63, 3.8) is 0 Å². The second-order valence-corrected chi connectivity index (χ2v) is 7.68. The van der Waals surface area contributed by atoms with Crippen LogP contribution < -0.4 is 16.4 Å². The number of hydrogen-bond acceptors (Lipinski definition) is 5. The summed E-state index contributed by atoms with van der Waals surface area (Å²) in [7, 11) is 1.28. The van der Waals surface area contributed by atoms with Crippen molar-refractivity contribution in [1.29, 1.82) is 0 Å². The van der Waals surface area contributed by atoms with E-state index in [9.17, 15) is 14.4 Å². The minimum absolute atomic E-state index is 0.130. The van der Waals surface area contributed by atoms with E-state index in [-0.39, 0.29) is 23.7 Å². The zero-order valence-electron chi connectivity index (χ0n) is 16.6. The van der Waals surface area contributed by atoms with Gasteiger partial charge in [0.2, 0.25) is 11.8 Å². The van der Waals surface area contributed by atoms with Crippen molar-refractivity contribution in [1.82, 2.24) is 10.6 Å². The van der Waals surface area contributed by atoms with Gasteiger partial charge in [0.25, 0.3) is 0 Å². The number of ether oxygens (including phenoxy) is 1. The van der Waals surface area contributed by atoms with Gasteiger partial charge in [-0.25, -0.2) is 4.79 Å². The highest BCUT2D eigenvalue weighted by molar-refractivity contribution is 5.92. The highest BCUT2D eigenvalue weighted by atomic mass is 16.5. The topological polar surface area (TPSA) is 111 Å². The number of hydrogen-bond donors (Lipinski definition) is 3. The van der Waals surface area contributed by atoms with Crippen molar-refractivity contribution >= 4 is 17.8 Å². The van der Waals surface area contributed by atoms with Crippen LogP contribution >= 0.6 is 0 Å². The normalized spacial score (nSPS) is 15.0. The summed E-state index contributed by atoms with van der Waals surface area (Å²) in [5.41, 5.74) is 5.90. The quantitative estimate of drug-likeness (QED) is 0.509. The second-order valence-electron chi connectivity index (χ2n) is 7.68. The van der Waals surface area contributed by atoms with Crippen LogP contribution in [-0.2, 0) is 19.1 Å².